The third-order valence-corrected chi connectivity index (χ3v) is 7.95. The van der Waals surface area contributed by atoms with Gasteiger partial charge in [-0.1, -0.05) is 68.8 Å². The van der Waals surface area contributed by atoms with Gasteiger partial charge in [0.05, 0.1) is 19.8 Å². The molecule has 0 radical (unpaired) electrons. The topological polar surface area (TPSA) is 85.2 Å². The average Bonchev–Trinajstić information content (AvgIpc) is 3.03. The fourth-order valence-corrected chi connectivity index (χ4v) is 5.23. The van der Waals surface area contributed by atoms with E-state index in [4.69, 9.17) is 14.2 Å². The highest BCUT2D eigenvalue weighted by Gasteiger charge is 2.17. The van der Waals surface area contributed by atoms with Crippen LogP contribution in [-0.2, 0) is 33.5 Å². The van der Waals surface area contributed by atoms with E-state index in [0.29, 0.717) is 38.0 Å². The first-order valence-corrected chi connectivity index (χ1v) is 15.8. The van der Waals surface area contributed by atoms with Crippen molar-refractivity contribution >= 4 is 5.97 Å². The lowest BCUT2D eigenvalue weighted by Crippen LogP contribution is -2.16. The van der Waals surface area contributed by atoms with E-state index in [1.165, 1.54) is 36.0 Å². The lowest BCUT2D eigenvalue weighted by molar-refractivity contribution is -0.138. The van der Waals surface area contributed by atoms with Crippen molar-refractivity contribution < 1.29 is 29.2 Å². The molecule has 44 heavy (non-hydrogen) atoms. The maximum atomic E-state index is 12.1. The van der Waals surface area contributed by atoms with Crippen LogP contribution in [0.5, 0.6) is 5.75 Å². The lowest BCUT2D eigenvalue weighted by atomic mass is 9.91. The molecule has 0 saturated carbocycles. The molecule has 0 aliphatic rings. The number of hydrogen-bond donors (Lipinski definition) is 2. The normalized spacial score (nSPS) is 11.2. The smallest absolute Gasteiger partial charge is 0.333 e. The summed E-state index contributed by atoms with van der Waals surface area (Å²) in [5.41, 5.74) is 9.39. The van der Waals surface area contributed by atoms with Crippen molar-refractivity contribution in [2.45, 2.75) is 65.7 Å². The molecule has 3 aromatic carbocycles. The van der Waals surface area contributed by atoms with E-state index in [1.54, 1.807) is 14.0 Å². The molecule has 0 heterocycles. The Hall–Kier alpha value is -3.45. The van der Waals surface area contributed by atoms with Gasteiger partial charge < -0.3 is 24.4 Å². The Morgan fingerprint density at radius 2 is 1.50 bits per heavy atom. The van der Waals surface area contributed by atoms with Gasteiger partial charge >= 0.3 is 5.97 Å². The zero-order chi connectivity index (χ0) is 31.9. The van der Waals surface area contributed by atoms with Gasteiger partial charge in [0.25, 0.3) is 0 Å². The summed E-state index contributed by atoms with van der Waals surface area (Å²) in [6.45, 7) is 10.5. The third kappa shape index (κ3) is 10.3. The minimum Gasteiger partial charge on any atom is -0.493 e. The van der Waals surface area contributed by atoms with E-state index in [0.717, 1.165) is 40.0 Å². The first-order valence-electron chi connectivity index (χ1n) is 15.8. The summed E-state index contributed by atoms with van der Waals surface area (Å²) in [7, 11) is 1.68. The Balaban J connectivity index is 1.94. The Morgan fingerprint density at radius 3 is 2.09 bits per heavy atom. The molecule has 6 heteroatoms. The molecule has 0 aromatic heterocycles. The van der Waals surface area contributed by atoms with Crippen molar-refractivity contribution in [3.05, 3.63) is 89.0 Å². The summed E-state index contributed by atoms with van der Waals surface area (Å²) in [6, 6.07) is 19.8. The van der Waals surface area contributed by atoms with E-state index in [1.807, 2.05) is 0 Å². The number of carbonyl (C=O) groups excluding carboxylic acids is 1. The Labute approximate surface area is 263 Å². The molecule has 0 unspecified atom stereocenters. The number of aryl methyl sites for hydroxylation is 2. The van der Waals surface area contributed by atoms with Crippen molar-refractivity contribution in [2.75, 3.05) is 40.1 Å². The molecule has 3 aromatic rings. The third-order valence-electron chi connectivity index (χ3n) is 7.95. The van der Waals surface area contributed by atoms with Gasteiger partial charge in [0.2, 0.25) is 0 Å². The van der Waals surface area contributed by atoms with Crippen LogP contribution in [0.4, 0.5) is 0 Å². The van der Waals surface area contributed by atoms with Gasteiger partial charge in [-0.15, -0.1) is 0 Å². The second kappa shape index (κ2) is 18.4. The first-order chi connectivity index (χ1) is 21.3. The number of esters is 1. The van der Waals surface area contributed by atoms with Crippen LogP contribution in [0.25, 0.3) is 22.3 Å². The molecule has 0 spiro atoms. The van der Waals surface area contributed by atoms with Gasteiger partial charge in [-0.3, -0.25) is 0 Å². The highest BCUT2D eigenvalue weighted by molar-refractivity contribution is 5.87. The average molecular weight is 603 g/mol. The zero-order valence-corrected chi connectivity index (χ0v) is 27.0. The fourth-order valence-electron chi connectivity index (χ4n) is 5.23. The lowest BCUT2D eigenvalue weighted by Gasteiger charge is -2.20. The predicted molar refractivity (Wildman–Crippen MR) is 178 cm³/mol. The summed E-state index contributed by atoms with van der Waals surface area (Å²) in [4.78, 5) is 12.1. The summed E-state index contributed by atoms with van der Waals surface area (Å²) in [5.74, 6) is 0.0765. The van der Waals surface area contributed by atoms with Crippen molar-refractivity contribution in [3.8, 4) is 28.0 Å². The minimum absolute atomic E-state index is 0.0998. The molecule has 0 amide bonds. The highest BCUT2D eigenvalue weighted by Crippen LogP contribution is 2.35. The van der Waals surface area contributed by atoms with Crippen LogP contribution in [0.3, 0.4) is 0 Å². The molecular weight excluding hydrogens is 552 g/mol. The van der Waals surface area contributed by atoms with Gasteiger partial charge in [0.15, 0.2) is 0 Å². The first kappa shape index (κ1) is 35.0. The van der Waals surface area contributed by atoms with E-state index < -0.39 is 5.97 Å². The van der Waals surface area contributed by atoms with E-state index >= 15 is 0 Å². The van der Waals surface area contributed by atoms with E-state index in [-0.39, 0.29) is 25.7 Å². The van der Waals surface area contributed by atoms with Crippen molar-refractivity contribution in [3.63, 3.8) is 0 Å². The number of rotatable bonds is 19. The minimum atomic E-state index is -0.419. The number of carbonyl (C=O) groups is 1. The maximum Gasteiger partial charge on any atom is 0.333 e. The largest absolute Gasteiger partial charge is 0.493 e. The fraction of sp³-hybridized carbons (Fsp3) is 0.447. The number of aliphatic hydroxyl groups is 2. The van der Waals surface area contributed by atoms with Gasteiger partial charge in [-0.05, 0) is 96.2 Å². The molecule has 0 atom stereocenters. The molecule has 0 saturated heterocycles. The standard InChI is InChI=1S/C38H50O6/c1-6-7-8-9-29-10-12-31(13-11-29)32-14-15-36(28(4)22-32)35-23-33(17-19-42-5)37(43-20-16-30(25-39)26-40)34(24-35)18-21-44-38(41)27(2)3/h10-15,22-24,30,39-40H,2,6-9,16-21,25-26H2,1,3-5H3. The molecule has 3 rings (SSSR count). The van der Waals surface area contributed by atoms with Gasteiger partial charge in [-0.25, -0.2) is 4.79 Å². The van der Waals surface area contributed by atoms with Crippen LogP contribution in [0.15, 0.2) is 66.7 Å². The quantitative estimate of drug-likeness (QED) is 0.0852. The van der Waals surface area contributed by atoms with Crippen LogP contribution < -0.4 is 4.74 Å². The zero-order valence-electron chi connectivity index (χ0n) is 27.0. The number of ether oxygens (including phenoxy) is 3. The SMILES string of the molecule is C=C(C)C(=O)OCCc1cc(-c2ccc(-c3ccc(CCCCC)cc3)cc2C)cc(CCOC)c1OCCC(CO)CO. The highest BCUT2D eigenvalue weighted by atomic mass is 16.5. The second-order valence-corrected chi connectivity index (χ2v) is 11.6. The predicted octanol–water partition coefficient (Wildman–Crippen LogP) is 7.28. The van der Waals surface area contributed by atoms with Crippen molar-refractivity contribution in [1.82, 2.24) is 0 Å². The van der Waals surface area contributed by atoms with Gasteiger partial charge in [0, 0.05) is 38.2 Å². The van der Waals surface area contributed by atoms with Gasteiger partial charge in [0.1, 0.15) is 5.75 Å². The number of benzene rings is 3. The summed E-state index contributed by atoms with van der Waals surface area (Å²) in [5, 5.41) is 19.0. The van der Waals surface area contributed by atoms with Crippen molar-refractivity contribution in [1.29, 1.82) is 0 Å². The molecule has 0 bridgehead atoms. The molecule has 6 nitrogen and oxygen atoms in total. The Kier molecular flexibility index (Phi) is 14.6. The monoisotopic (exact) mass is 602 g/mol. The van der Waals surface area contributed by atoms with Crippen molar-refractivity contribution in [2.24, 2.45) is 5.92 Å². The molecule has 0 aliphatic carbocycles. The number of hydrogen-bond acceptors (Lipinski definition) is 6. The molecule has 238 valence electrons. The Morgan fingerprint density at radius 1 is 0.841 bits per heavy atom. The van der Waals surface area contributed by atoms with Gasteiger partial charge in [-0.2, -0.15) is 0 Å². The Bertz CT molecular complexity index is 1340. The molecule has 0 aliphatic heterocycles. The van der Waals surface area contributed by atoms with Crippen LogP contribution in [0, 0.1) is 12.8 Å². The van der Waals surface area contributed by atoms with Crippen LogP contribution in [0.1, 0.15) is 61.8 Å². The number of aliphatic hydroxyl groups excluding tert-OH is 2. The number of methoxy groups -OCH3 is 1. The molecule has 0 fully saturated rings. The van der Waals surface area contributed by atoms with Crippen LogP contribution >= 0.6 is 0 Å². The summed E-state index contributed by atoms with van der Waals surface area (Å²) in [6.07, 6.45) is 6.46. The van der Waals surface area contributed by atoms with E-state index in [2.05, 4.69) is 75.0 Å². The number of unbranched alkanes of at least 4 members (excludes halogenated alkanes) is 2. The molecular formula is C38H50O6. The van der Waals surface area contributed by atoms with Crippen LogP contribution in [-0.4, -0.2) is 56.3 Å². The molecule has 2 N–H and O–H groups in total. The summed E-state index contributed by atoms with van der Waals surface area (Å²) < 4.78 is 17.2. The van der Waals surface area contributed by atoms with E-state index in [9.17, 15) is 15.0 Å². The maximum absolute atomic E-state index is 12.1. The van der Waals surface area contributed by atoms with Crippen LogP contribution in [0.2, 0.25) is 0 Å². The second-order valence-electron chi connectivity index (χ2n) is 11.6. The summed E-state index contributed by atoms with van der Waals surface area (Å²) >= 11 is 0.